The molecule has 2 aromatic rings. The summed E-state index contributed by atoms with van der Waals surface area (Å²) in [6, 6.07) is 6.04. The van der Waals surface area contributed by atoms with Crippen molar-refractivity contribution in [3.8, 4) is 17.4 Å². The van der Waals surface area contributed by atoms with Crippen molar-refractivity contribution in [2.75, 3.05) is 47.5 Å². The molecule has 0 spiro atoms. The second-order valence-corrected chi connectivity index (χ2v) is 13.0. The van der Waals surface area contributed by atoms with Crippen LogP contribution in [0.25, 0.3) is 0 Å². The summed E-state index contributed by atoms with van der Waals surface area (Å²) < 4.78 is 16.9. The highest BCUT2D eigenvalue weighted by Crippen LogP contribution is 2.38. The van der Waals surface area contributed by atoms with E-state index in [1.807, 2.05) is 17.0 Å². The first-order chi connectivity index (χ1) is 21.9. The predicted octanol–water partition coefficient (Wildman–Crippen LogP) is 3.75. The van der Waals surface area contributed by atoms with Crippen LogP contribution in [0, 0.1) is 11.8 Å². The van der Waals surface area contributed by atoms with E-state index in [1.165, 1.54) is 0 Å². The highest BCUT2D eigenvalue weighted by atomic mass is 16.5. The number of carbonyl (C=O) groups excluding carboxylic acids is 3. The van der Waals surface area contributed by atoms with E-state index in [0.29, 0.717) is 74.8 Å². The number of piperidine rings is 2. The molecule has 10 nitrogen and oxygen atoms in total. The minimum atomic E-state index is -0.0413. The van der Waals surface area contributed by atoms with Gasteiger partial charge < -0.3 is 29.3 Å². The van der Waals surface area contributed by atoms with Gasteiger partial charge in [0.15, 0.2) is 11.5 Å². The van der Waals surface area contributed by atoms with Crippen molar-refractivity contribution in [1.82, 2.24) is 20.1 Å². The Hall–Kier alpha value is -3.82. The van der Waals surface area contributed by atoms with Crippen LogP contribution in [-0.4, -0.2) is 86.1 Å². The number of methoxy groups -OCH3 is 3. The van der Waals surface area contributed by atoms with Gasteiger partial charge in [-0.15, -0.1) is 0 Å². The molecule has 2 saturated heterocycles. The second kappa shape index (κ2) is 13.7. The fourth-order valence-corrected chi connectivity index (χ4v) is 8.00. The molecule has 242 valence electrons. The van der Waals surface area contributed by atoms with E-state index in [2.05, 4.69) is 21.3 Å². The summed E-state index contributed by atoms with van der Waals surface area (Å²) in [6.45, 7) is 2.39. The summed E-state index contributed by atoms with van der Waals surface area (Å²) >= 11 is 0. The van der Waals surface area contributed by atoms with Crippen molar-refractivity contribution in [2.24, 2.45) is 11.8 Å². The lowest BCUT2D eigenvalue weighted by atomic mass is 9.77. The van der Waals surface area contributed by atoms with Crippen molar-refractivity contribution in [1.29, 1.82) is 0 Å². The zero-order valence-electron chi connectivity index (χ0n) is 26.9. The highest BCUT2D eigenvalue weighted by Gasteiger charge is 2.44. The number of rotatable bonds is 4. The lowest BCUT2D eigenvalue weighted by molar-refractivity contribution is -0.140. The zero-order chi connectivity index (χ0) is 31.5. The molecule has 1 N–H and O–H groups in total. The molecule has 1 aliphatic carbocycles. The largest absolute Gasteiger partial charge is 0.493 e. The van der Waals surface area contributed by atoms with Gasteiger partial charge in [-0.05, 0) is 98.4 Å². The van der Waals surface area contributed by atoms with Gasteiger partial charge in [0.2, 0.25) is 17.7 Å². The Kier molecular flexibility index (Phi) is 9.47. The molecule has 45 heavy (non-hydrogen) atoms. The Morgan fingerprint density at radius 1 is 0.867 bits per heavy atom. The molecule has 6 rings (SSSR count). The number of ether oxygens (including phenoxy) is 3. The number of benzene rings is 1. The maximum Gasteiger partial charge on any atom is 0.259 e. The molecular formula is C35H46N4O6. The number of hydrogen-bond acceptors (Lipinski definition) is 7. The van der Waals surface area contributed by atoms with Crippen LogP contribution in [0.15, 0.2) is 18.2 Å². The molecule has 1 aromatic carbocycles. The number of amides is 3. The standard InChI is InChI=1S/C35H46N4O6/c1-43-30-17-22-12-13-32(41)39-20-23-16-26(29(39)10-5-11-31(40)36-14-6-8-25(15-22)33(30)44-2)21-38(19-23)35(42)27-18-24-7-4-9-28(24)37-34(27)45-3/h15,17-18,23,26,29H,4-14,16,19-21H2,1-3H3,(H,36,40)/t23-,26+,29-/m0/s1. The van der Waals surface area contributed by atoms with E-state index in [4.69, 9.17) is 14.2 Å². The number of aryl methyl sites for hydroxylation is 4. The quantitative estimate of drug-likeness (QED) is 0.556. The van der Waals surface area contributed by atoms with Gasteiger partial charge in [-0.2, -0.15) is 0 Å². The molecule has 10 heteroatoms. The van der Waals surface area contributed by atoms with E-state index < -0.39 is 0 Å². The van der Waals surface area contributed by atoms with Crippen LogP contribution in [0.2, 0.25) is 0 Å². The molecule has 4 aliphatic rings. The summed E-state index contributed by atoms with van der Waals surface area (Å²) in [5, 5.41) is 3.07. The van der Waals surface area contributed by atoms with Gasteiger partial charge in [0.05, 0.1) is 21.3 Å². The Morgan fingerprint density at radius 3 is 2.51 bits per heavy atom. The van der Waals surface area contributed by atoms with E-state index in [1.54, 1.807) is 21.3 Å². The van der Waals surface area contributed by atoms with E-state index >= 15 is 0 Å². The lowest BCUT2D eigenvalue weighted by Gasteiger charge is -2.51. The minimum Gasteiger partial charge on any atom is -0.493 e. The van der Waals surface area contributed by atoms with Gasteiger partial charge in [-0.3, -0.25) is 14.4 Å². The number of nitrogens with zero attached hydrogens (tertiary/aromatic N) is 3. The maximum absolute atomic E-state index is 14.0. The summed E-state index contributed by atoms with van der Waals surface area (Å²) in [5.74, 6) is 2.23. The fourth-order valence-electron chi connectivity index (χ4n) is 8.00. The maximum atomic E-state index is 14.0. The first-order valence-corrected chi connectivity index (χ1v) is 16.5. The third-order valence-corrected chi connectivity index (χ3v) is 10.1. The molecule has 1 aromatic heterocycles. The van der Waals surface area contributed by atoms with Gasteiger partial charge in [0, 0.05) is 50.8 Å². The topological polar surface area (TPSA) is 110 Å². The van der Waals surface area contributed by atoms with Crippen molar-refractivity contribution >= 4 is 17.7 Å². The van der Waals surface area contributed by atoms with Crippen molar-refractivity contribution in [3.05, 3.63) is 46.1 Å². The van der Waals surface area contributed by atoms with E-state index in [9.17, 15) is 14.4 Å². The summed E-state index contributed by atoms with van der Waals surface area (Å²) in [4.78, 5) is 49.3. The van der Waals surface area contributed by atoms with Gasteiger partial charge >= 0.3 is 0 Å². The number of carbonyl (C=O) groups is 3. The Bertz CT molecular complexity index is 1440. The number of pyridine rings is 1. The minimum absolute atomic E-state index is 0.0222. The third kappa shape index (κ3) is 6.60. The molecule has 0 radical (unpaired) electrons. The van der Waals surface area contributed by atoms with Gasteiger partial charge in [-0.1, -0.05) is 6.07 Å². The zero-order valence-corrected chi connectivity index (χ0v) is 26.9. The average molecular weight is 619 g/mol. The first-order valence-electron chi connectivity index (χ1n) is 16.5. The van der Waals surface area contributed by atoms with E-state index in [0.717, 1.165) is 67.3 Å². The van der Waals surface area contributed by atoms with Crippen molar-refractivity contribution in [3.63, 3.8) is 0 Å². The number of aromatic nitrogens is 1. The SMILES string of the molecule is COc1cc2cc(c1OC)CCCNC(=O)CCC[C@H]1[C@@H]3C[C@@H](CN(C(=O)c4cc5c(nc4OC)CCC5)C3)CN1C(=O)CC2. The van der Waals surface area contributed by atoms with Gasteiger partial charge in [0.1, 0.15) is 5.56 Å². The molecule has 0 saturated carbocycles. The predicted molar refractivity (Wildman–Crippen MR) is 169 cm³/mol. The van der Waals surface area contributed by atoms with Crippen LogP contribution in [0.4, 0.5) is 0 Å². The lowest BCUT2D eigenvalue weighted by Crippen LogP contribution is -2.60. The molecule has 3 aliphatic heterocycles. The molecule has 4 heterocycles. The Labute approximate surface area is 265 Å². The number of likely N-dealkylation sites (tertiary alicyclic amines) is 1. The van der Waals surface area contributed by atoms with Crippen LogP contribution in [0.5, 0.6) is 17.4 Å². The van der Waals surface area contributed by atoms with Gasteiger partial charge in [0.25, 0.3) is 5.91 Å². The fraction of sp³-hybridized carbons (Fsp3) is 0.600. The average Bonchev–Trinajstić information content (AvgIpc) is 3.52. The van der Waals surface area contributed by atoms with Crippen LogP contribution in [0.3, 0.4) is 0 Å². The second-order valence-electron chi connectivity index (χ2n) is 13.0. The van der Waals surface area contributed by atoms with E-state index in [-0.39, 0.29) is 35.6 Å². The highest BCUT2D eigenvalue weighted by molar-refractivity contribution is 5.97. The van der Waals surface area contributed by atoms with Crippen LogP contribution < -0.4 is 19.5 Å². The summed E-state index contributed by atoms with van der Waals surface area (Å²) in [6.07, 6.45) is 8.26. The monoisotopic (exact) mass is 618 g/mol. The molecular weight excluding hydrogens is 572 g/mol. The number of nitrogens with one attached hydrogen (secondary N) is 1. The summed E-state index contributed by atoms with van der Waals surface area (Å²) in [7, 11) is 4.84. The molecule has 2 fully saturated rings. The molecule has 0 unspecified atom stereocenters. The summed E-state index contributed by atoms with van der Waals surface area (Å²) in [5.41, 5.74) is 4.77. The normalized spacial score (nSPS) is 23.9. The van der Waals surface area contributed by atoms with Crippen molar-refractivity contribution < 1.29 is 28.6 Å². The smallest absolute Gasteiger partial charge is 0.259 e. The Morgan fingerprint density at radius 2 is 1.71 bits per heavy atom. The molecule has 3 atom stereocenters. The van der Waals surface area contributed by atoms with Crippen LogP contribution in [-0.2, 0) is 35.3 Å². The van der Waals surface area contributed by atoms with Crippen LogP contribution >= 0.6 is 0 Å². The molecule has 4 bridgehead atoms. The molecule has 3 amide bonds. The number of hydrogen-bond donors (Lipinski definition) is 1. The number of fused-ring (bicyclic) bond motifs is 7. The van der Waals surface area contributed by atoms with Gasteiger partial charge in [-0.25, -0.2) is 4.98 Å². The van der Waals surface area contributed by atoms with Crippen LogP contribution in [0.1, 0.15) is 77.7 Å². The Balaban J connectivity index is 1.23. The third-order valence-electron chi connectivity index (χ3n) is 10.1. The first kappa shape index (κ1) is 31.2. The van der Waals surface area contributed by atoms with Crippen molar-refractivity contribution in [2.45, 2.75) is 76.7 Å².